The Morgan fingerprint density at radius 2 is 1.96 bits per heavy atom. The molecule has 9 heteroatoms. The number of hydrogen-bond acceptors (Lipinski definition) is 7. The van der Waals surface area contributed by atoms with Crippen molar-refractivity contribution in [3.05, 3.63) is 41.9 Å². The van der Waals surface area contributed by atoms with Crippen LogP contribution in [0, 0.1) is 0 Å². The maximum atomic E-state index is 5.98. The zero-order chi connectivity index (χ0) is 18.2. The van der Waals surface area contributed by atoms with E-state index in [2.05, 4.69) is 36.2 Å². The van der Waals surface area contributed by atoms with Crippen molar-refractivity contribution in [2.24, 2.45) is 0 Å². The Hall–Kier alpha value is -2.42. The summed E-state index contributed by atoms with van der Waals surface area (Å²) in [5, 5.41) is 7.90. The van der Waals surface area contributed by atoms with Crippen molar-refractivity contribution in [2.75, 3.05) is 49.6 Å². The van der Waals surface area contributed by atoms with Crippen molar-refractivity contribution in [3.8, 4) is 0 Å². The van der Waals surface area contributed by atoms with Gasteiger partial charge in [0.2, 0.25) is 0 Å². The molecule has 3 aromatic heterocycles. The predicted molar refractivity (Wildman–Crippen MR) is 104 cm³/mol. The van der Waals surface area contributed by atoms with Gasteiger partial charge in [0.25, 0.3) is 0 Å². The molecule has 5 heterocycles. The first kappa shape index (κ1) is 16.7. The van der Waals surface area contributed by atoms with Gasteiger partial charge in [0.15, 0.2) is 5.65 Å². The Kier molecular flexibility index (Phi) is 4.31. The molecule has 0 aliphatic carbocycles. The molecule has 0 saturated carbocycles. The maximum absolute atomic E-state index is 5.98. The fourth-order valence-electron chi connectivity index (χ4n) is 3.53. The molecule has 0 aromatic carbocycles. The Labute approximate surface area is 161 Å². The molecule has 8 nitrogen and oxygen atoms in total. The number of nitrogens with one attached hydrogen (secondary N) is 1. The van der Waals surface area contributed by atoms with Crippen LogP contribution in [-0.4, -0.2) is 69.9 Å². The fourth-order valence-corrected chi connectivity index (χ4v) is 3.70. The molecule has 27 heavy (non-hydrogen) atoms. The van der Waals surface area contributed by atoms with E-state index in [0.29, 0.717) is 16.8 Å². The van der Waals surface area contributed by atoms with Crippen LogP contribution in [0.3, 0.4) is 0 Å². The number of nitrogens with zero attached hydrogens (tertiary/aromatic N) is 6. The number of anilines is 3. The van der Waals surface area contributed by atoms with E-state index in [-0.39, 0.29) is 0 Å². The Morgan fingerprint density at radius 1 is 1.11 bits per heavy atom. The Bertz CT molecular complexity index is 933. The van der Waals surface area contributed by atoms with E-state index in [4.69, 9.17) is 16.3 Å². The normalized spacial score (nSPS) is 18.6. The molecule has 0 radical (unpaired) electrons. The molecule has 2 aliphatic rings. The minimum absolute atomic E-state index is 0.410. The first-order valence-corrected chi connectivity index (χ1v) is 9.44. The summed E-state index contributed by atoms with van der Waals surface area (Å²) in [6.07, 6.45) is 5.30. The topological polar surface area (TPSA) is 70.8 Å². The van der Waals surface area contributed by atoms with Gasteiger partial charge in [-0.05, 0) is 18.2 Å². The van der Waals surface area contributed by atoms with Crippen molar-refractivity contribution in [3.63, 3.8) is 0 Å². The van der Waals surface area contributed by atoms with Gasteiger partial charge in [-0.3, -0.25) is 4.90 Å². The van der Waals surface area contributed by atoms with Crippen molar-refractivity contribution in [1.29, 1.82) is 0 Å². The van der Waals surface area contributed by atoms with Gasteiger partial charge in [-0.2, -0.15) is 5.10 Å². The van der Waals surface area contributed by atoms with Gasteiger partial charge in [-0.15, -0.1) is 0 Å². The molecular formula is C18H20ClN7O. The van der Waals surface area contributed by atoms with E-state index in [0.717, 1.165) is 56.6 Å². The van der Waals surface area contributed by atoms with Crippen LogP contribution in [-0.2, 0) is 4.74 Å². The molecule has 0 atom stereocenters. The van der Waals surface area contributed by atoms with E-state index < -0.39 is 0 Å². The van der Waals surface area contributed by atoms with E-state index in [9.17, 15) is 0 Å². The number of aromatic nitrogens is 4. The lowest BCUT2D eigenvalue weighted by Crippen LogP contribution is -2.56. The minimum Gasteiger partial charge on any atom is -0.378 e. The highest BCUT2D eigenvalue weighted by atomic mass is 35.5. The lowest BCUT2D eigenvalue weighted by Gasteiger charge is -2.43. The summed E-state index contributed by atoms with van der Waals surface area (Å²) < 4.78 is 6.94. The van der Waals surface area contributed by atoms with Gasteiger partial charge >= 0.3 is 0 Å². The van der Waals surface area contributed by atoms with Crippen molar-refractivity contribution < 1.29 is 4.74 Å². The summed E-state index contributed by atoms with van der Waals surface area (Å²) in [5.41, 5.74) is 2.63. The highest BCUT2D eigenvalue weighted by molar-refractivity contribution is 6.29. The second-order valence-corrected chi connectivity index (χ2v) is 7.20. The second-order valence-electron chi connectivity index (χ2n) is 6.82. The molecule has 0 bridgehead atoms. The van der Waals surface area contributed by atoms with Crippen LogP contribution in [0.25, 0.3) is 5.65 Å². The first-order chi connectivity index (χ1) is 13.3. The van der Waals surface area contributed by atoms with Gasteiger partial charge < -0.3 is 15.0 Å². The maximum Gasteiger partial charge on any atom is 0.178 e. The molecule has 0 spiro atoms. The van der Waals surface area contributed by atoms with Crippen LogP contribution in [0.4, 0.5) is 17.2 Å². The van der Waals surface area contributed by atoms with Gasteiger partial charge in [0.1, 0.15) is 11.0 Å². The number of pyridine rings is 1. The van der Waals surface area contributed by atoms with Gasteiger partial charge in [-0.25, -0.2) is 14.5 Å². The smallest absolute Gasteiger partial charge is 0.178 e. The van der Waals surface area contributed by atoms with Crippen LogP contribution in [0.2, 0.25) is 5.15 Å². The zero-order valence-electron chi connectivity index (χ0n) is 14.8. The van der Waals surface area contributed by atoms with E-state index in [1.807, 2.05) is 18.3 Å². The Morgan fingerprint density at radius 3 is 2.67 bits per heavy atom. The van der Waals surface area contributed by atoms with E-state index in [1.165, 1.54) is 0 Å². The number of piperazine rings is 1. The lowest BCUT2D eigenvalue weighted by atomic mass is 10.2. The largest absolute Gasteiger partial charge is 0.378 e. The highest BCUT2D eigenvalue weighted by Gasteiger charge is 2.28. The zero-order valence-corrected chi connectivity index (χ0v) is 15.5. The molecule has 1 N–H and O–H groups in total. The number of ether oxygens (including phenoxy) is 1. The summed E-state index contributed by atoms with van der Waals surface area (Å²) in [4.78, 5) is 13.8. The molecule has 2 aliphatic heterocycles. The van der Waals surface area contributed by atoms with E-state index >= 15 is 0 Å². The highest BCUT2D eigenvalue weighted by Crippen LogP contribution is 2.23. The molecule has 0 unspecified atom stereocenters. The van der Waals surface area contributed by atoms with Crippen LogP contribution >= 0.6 is 11.6 Å². The summed E-state index contributed by atoms with van der Waals surface area (Å²) in [5.74, 6) is 0.760. The molecule has 2 saturated heterocycles. The number of imidazole rings is 1. The van der Waals surface area contributed by atoms with Crippen molar-refractivity contribution in [1.82, 2.24) is 24.5 Å². The predicted octanol–water partition coefficient (Wildman–Crippen LogP) is 2.04. The molecule has 0 amide bonds. The number of halogens is 1. The third-order valence-corrected chi connectivity index (χ3v) is 5.34. The molecular weight excluding hydrogens is 366 g/mol. The van der Waals surface area contributed by atoms with Crippen molar-refractivity contribution >= 4 is 34.4 Å². The number of hydrogen-bond donors (Lipinski definition) is 1. The SMILES string of the molecule is Clc1cn2nccc(Nc3ccc(N4CCN(C5COC5)CC4)cn3)c2n1. The van der Waals surface area contributed by atoms with Gasteiger partial charge in [0.05, 0.1) is 49.2 Å². The fraction of sp³-hybridized carbons (Fsp3) is 0.389. The summed E-state index contributed by atoms with van der Waals surface area (Å²) in [6, 6.07) is 6.57. The van der Waals surface area contributed by atoms with Gasteiger partial charge in [-0.1, -0.05) is 11.6 Å². The molecule has 140 valence electrons. The van der Waals surface area contributed by atoms with Crippen LogP contribution < -0.4 is 10.2 Å². The third-order valence-electron chi connectivity index (χ3n) is 5.16. The average molecular weight is 386 g/mol. The molecule has 5 rings (SSSR count). The standard InChI is InChI=1S/C18H20ClN7O/c19-16-10-26-18(23-16)15(3-4-21-26)22-17-2-1-13(9-20-17)24-5-7-25(8-6-24)14-11-27-12-14/h1-4,9-10,14H,5-8,11-12H2,(H,20,22). The summed E-state index contributed by atoms with van der Waals surface area (Å²) in [7, 11) is 0. The number of fused-ring (bicyclic) bond motifs is 1. The van der Waals surface area contributed by atoms with Crippen LogP contribution in [0.5, 0.6) is 0 Å². The lowest BCUT2D eigenvalue weighted by molar-refractivity contribution is -0.0660. The van der Waals surface area contributed by atoms with Gasteiger partial charge in [0, 0.05) is 26.2 Å². The molecule has 2 fully saturated rings. The Balaban J connectivity index is 1.26. The van der Waals surface area contributed by atoms with Crippen LogP contribution in [0.1, 0.15) is 0 Å². The third kappa shape index (κ3) is 3.31. The number of rotatable bonds is 4. The summed E-state index contributed by atoms with van der Waals surface area (Å²) in [6.45, 7) is 5.94. The first-order valence-electron chi connectivity index (χ1n) is 9.06. The quantitative estimate of drug-likeness (QED) is 0.736. The minimum atomic E-state index is 0.410. The van der Waals surface area contributed by atoms with Crippen LogP contribution in [0.15, 0.2) is 36.8 Å². The summed E-state index contributed by atoms with van der Waals surface area (Å²) >= 11 is 5.98. The average Bonchev–Trinajstić information content (AvgIpc) is 3.03. The molecule has 3 aromatic rings. The second kappa shape index (κ2) is 6.95. The van der Waals surface area contributed by atoms with Crippen molar-refractivity contribution in [2.45, 2.75) is 6.04 Å². The monoisotopic (exact) mass is 385 g/mol. The van der Waals surface area contributed by atoms with E-state index in [1.54, 1.807) is 16.9 Å².